The number of ether oxygens (including phenoxy) is 1. The molecule has 1 aliphatic rings. The van der Waals surface area contributed by atoms with Crippen LogP contribution in [0.2, 0.25) is 0 Å². The molecular weight excluding hydrogens is 412 g/mol. The fourth-order valence-corrected chi connectivity index (χ4v) is 3.82. The van der Waals surface area contributed by atoms with E-state index in [9.17, 15) is 19.5 Å². The highest BCUT2D eigenvalue weighted by Gasteiger charge is 2.31. The molecule has 172 valence electrons. The summed E-state index contributed by atoms with van der Waals surface area (Å²) in [4.78, 5) is 36.2. The minimum atomic E-state index is -1.02. The van der Waals surface area contributed by atoms with Gasteiger partial charge in [-0.25, -0.2) is 9.59 Å². The Bertz CT molecular complexity index is 952. The van der Waals surface area contributed by atoms with Gasteiger partial charge < -0.3 is 19.6 Å². The summed E-state index contributed by atoms with van der Waals surface area (Å²) in [6.45, 7) is 5.36. The number of furan rings is 1. The van der Waals surface area contributed by atoms with Crippen molar-refractivity contribution >= 4 is 23.7 Å². The highest BCUT2D eigenvalue weighted by Crippen LogP contribution is 2.28. The van der Waals surface area contributed by atoms with Gasteiger partial charge in [-0.3, -0.25) is 10.1 Å². The third-order valence-corrected chi connectivity index (χ3v) is 5.32. The van der Waals surface area contributed by atoms with Crippen LogP contribution in [0.1, 0.15) is 63.4 Å². The summed E-state index contributed by atoms with van der Waals surface area (Å²) in [5.41, 5.74) is 0.677. The van der Waals surface area contributed by atoms with Gasteiger partial charge >= 0.3 is 12.1 Å². The molecule has 0 spiro atoms. The molecular formula is C24H30N2O6. The van der Waals surface area contributed by atoms with E-state index in [2.05, 4.69) is 10.6 Å². The molecule has 3 N–H and O–H groups in total. The number of nitrogens with one attached hydrogen (secondary N) is 2. The van der Waals surface area contributed by atoms with Crippen molar-refractivity contribution in [3.63, 3.8) is 0 Å². The molecule has 2 amide bonds. The lowest BCUT2D eigenvalue weighted by atomic mass is 9.84. The highest BCUT2D eigenvalue weighted by atomic mass is 16.6. The number of anilines is 1. The van der Waals surface area contributed by atoms with Crippen LogP contribution in [0.25, 0.3) is 11.3 Å². The lowest BCUT2D eigenvalue weighted by Crippen LogP contribution is -2.46. The van der Waals surface area contributed by atoms with E-state index >= 15 is 0 Å². The number of carbonyl (C=O) groups excluding carboxylic acids is 2. The molecule has 0 aliphatic heterocycles. The molecule has 32 heavy (non-hydrogen) atoms. The Morgan fingerprint density at radius 2 is 1.69 bits per heavy atom. The summed E-state index contributed by atoms with van der Waals surface area (Å²) < 4.78 is 10.9. The normalized spacial score (nSPS) is 15.6. The summed E-state index contributed by atoms with van der Waals surface area (Å²) in [6, 6.07) is 9.15. The van der Waals surface area contributed by atoms with Crippen molar-refractivity contribution < 1.29 is 28.6 Å². The Kier molecular flexibility index (Phi) is 7.22. The molecule has 1 aromatic heterocycles. The van der Waals surface area contributed by atoms with Crippen LogP contribution in [-0.4, -0.2) is 34.7 Å². The Labute approximate surface area is 187 Å². The fourth-order valence-electron chi connectivity index (χ4n) is 3.82. The van der Waals surface area contributed by atoms with Crippen LogP contribution in [0.3, 0.4) is 0 Å². The maximum Gasteiger partial charge on any atom is 0.412 e. The van der Waals surface area contributed by atoms with Gasteiger partial charge in [-0.2, -0.15) is 0 Å². The second kappa shape index (κ2) is 9.89. The number of benzene rings is 1. The molecule has 1 fully saturated rings. The molecule has 0 bridgehead atoms. The molecule has 1 heterocycles. The number of amides is 2. The first kappa shape index (κ1) is 23.4. The van der Waals surface area contributed by atoms with E-state index in [1.165, 1.54) is 6.07 Å². The summed E-state index contributed by atoms with van der Waals surface area (Å²) in [5, 5.41) is 14.8. The van der Waals surface area contributed by atoms with Crippen LogP contribution in [0.4, 0.5) is 10.5 Å². The quantitative estimate of drug-likeness (QED) is 0.576. The molecule has 0 saturated heterocycles. The van der Waals surface area contributed by atoms with Crippen LogP contribution in [0.5, 0.6) is 0 Å². The minimum absolute atomic E-state index is 0.0537. The SMILES string of the molecule is CC(C)(C)OC(=O)Nc1ccc(-c2ccc(C(=O)N[C@H](C(=O)O)C3CCCCC3)o2)cc1. The molecule has 1 saturated carbocycles. The zero-order valence-corrected chi connectivity index (χ0v) is 18.6. The first-order chi connectivity index (χ1) is 15.1. The number of aliphatic carboxylic acids is 1. The van der Waals surface area contributed by atoms with Crippen molar-refractivity contribution in [2.45, 2.75) is 64.5 Å². The Morgan fingerprint density at radius 3 is 2.28 bits per heavy atom. The first-order valence-electron chi connectivity index (χ1n) is 10.9. The zero-order valence-electron chi connectivity index (χ0n) is 18.6. The van der Waals surface area contributed by atoms with Gasteiger partial charge in [0, 0.05) is 11.3 Å². The molecule has 2 aromatic rings. The van der Waals surface area contributed by atoms with E-state index in [4.69, 9.17) is 9.15 Å². The zero-order chi connectivity index (χ0) is 23.3. The predicted molar refractivity (Wildman–Crippen MR) is 119 cm³/mol. The molecule has 1 aromatic carbocycles. The van der Waals surface area contributed by atoms with Crippen molar-refractivity contribution in [2.75, 3.05) is 5.32 Å². The van der Waals surface area contributed by atoms with Gasteiger partial charge in [0.15, 0.2) is 5.76 Å². The van der Waals surface area contributed by atoms with Crippen molar-refractivity contribution in [3.8, 4) is 11.3 Å². The van der Waals surface area contributed by atoms with E-state index in [0.29, 0.717) is 17.0 Å². The van der Waals surface area contributed by atoms with Crippen LogP contribution >= 0.6 is 0 Å². The largest absolute Gasteiger partial charge is 0.480 e. The molecule has 0 unspecified atom stereocenters. The molecule has 3 rings (SSSR count). The maximum atomic E-state index is 12.6. The number of carboxylic acids is 1. The molecule has 8 heteroatoms. The summed E-state index contributed by atoms with van der Waals surface area (Å²) >= 11 is 0. The second-order valence-corrected chi connectivity index (χ2v) is 9.06. The number of hydrogen-bond acceptors (Lipinski definition) is 5. The first-order valence-corrected chi connectivity index (χ1v) is 10.9. The van der Waals surface area contributed by atoms with Crippen LogP contribution in [0.15, 0.2) is 40.8 Å². The Balaban J connectivity index is 1.63. The number of carbonyl (C=O) groups is 3. The standard InChI is InChI=1S/C24H30N2O6/c1-24(2,3)32-23(30)25-17-11-9-15(10-12-17)18-13-14-19(31-18)21(27)26-20(22(28)29)16-7-5-4-6-8-16/h9-14,16,20H,4-8H2,1-3H3,(H,25,30)(H,26,27)(H,28,29)/t20-/m0/s1. The van der Waals surface area contributed by atoms with Crippen molar-refractivity contribution in [3.05, 3.63) is 42.2 Å². The smallest absolute Gasteiger partial charge is 0.412 e. The van der Waals surface area contributed by atoms with Gasteiger partial charge in [-0.05, 0) is 75.9 Å². The van der Waals surface area contributed by atoms with E-state index in [0.717, 1.165) is 32.1 Å². The Hall–Kier alpha value is -3.29. The summed E-state index contributed by atoms with van der Waals surface area (Å²) in [5.74, 6) is -1.12. The van der Waals surface area contributed by atoms with E-state index in [-0.39, 0.29) is 11.7 Å². The van der Waals surface area contributed by atoms with Gasteiger partial charge in [-0.1, -0.05) is 19.3 Å². The Morgan fingerprint density at radius 1 is 1.03 bits per heavy atom. The fraction of sp³-hybridized carbons (Fsp3) is 0.458. The van der Waals surface area contributed by atoms with Crippen LogP contribution in [0, 0.1) is 5.92 Å². The average molecular weight is 443 g/mol. The third kappa shape index (κ3) is 6.35. The van der Waals surface area contributed by atoms with Gasteiger partial charge in [0.25, 0.3) is 5.91 Å². The van der Waals surface area contributed by atoms with Gasteiger partial charge in [0.2, 0.25) is 0 Å². The van der Waals surface area contributed by atoms with E-state index in [1.54, 1.807) is 51.1 Å². The monoisotopic (exact) mass is 442 g/mol. The van der Waals surface area contributed by atoms with Crippen LogP contribution < -0.4 is 10.6 Å². The molecule has 1 aliphatic carbocycles. The lowest BCUT2D eigenvalue weighted by Gasteiger charge is -2.27. The van der Waals surface area contributed by atoms with Crippen molar-refractivity contribution in [2.24, 2.45) is 5.92 Å². The van der Waals surface area contributed by atoms with Crippen LogP contribution in [-0.2, 0) is 9.53 Å². The summed E-state index contributed by atoms with van der Waals surface area (Å²) in [6.07, 6.45) is 4.11. The van der Waals surface area contributed by atoms with Gasteiger partial charge in [0.05, 0.1) is 0 Å². The molecule has 1 atom stereocenters. The second-order valence-electron chi connectivity index (χ2n) is 9.06. The van der Waals surface area contributed by atoms with Gasteiger partial charge in [0.1, 0.15) is 17.4 Å². The molecule has 0 radical (unpaired) electrons. The van der Waals surface area contributed by atoms with Crippen molar-refractivity contribution in [1.29, 1.82) is 0 Å². The highest BCUT2D eigenvalue weighted by molar-refractivity contribution is 5.95. The lowest BCUT2D eigenvalue weighted by molar-refractivity contribution is -0.141. The number of hydrogen-bond donors (Lipinski definition) is 3. The van der Waals surface area contributed by atoms with E-state index in [1.807, 2.05) is 0 Å². The van der Waals surface area contributed by atoms with Crippen molar-refractivity contribution in [1.82, 2.24) is 5.32 Å². The predicted octanol–water partition coefficient (Wildman–Crippen LogP) is 5.06. The minimum Gasteiger partial charge on any atom is -0.480 e. The summed E-state index contributed by atoms with van der Waals surface area (Å²) in [7, 11) is 0. The average Bonchev–Trinajstić information content (AvgIpc) is 3.22. The maximum absolute atomic E-state index is 12.6. The molecule has 8 nitrogen and oxygen atoms in total. The van der Waals surface area contributed by atoms with E-state index < -0.39 is 29.6 Å². The topological polar surface area (TPSA) is 118 Å². The number of carboxylic acid groups (broad SMARTS) is 1. The van der Waals surface area contributed by atoms with Gasteiger partial charge in [-0.15, -0.1) is 0 Å². The number of rotatable bonds is 6. The third-order valence-electron chi connectivity index (χ3n) is 5.32.